The lowest BCUT2D eigenvalue weighted by atomic mass is 10.1. The summed E-state index contributed by atoms with van der Waals surface area (Å²) >= 11 is 3.25. The van der Waals surface area contributed by atoms with E-state index >= 15 is 0 Å². The molecule has 1 fully saturated rings. The van der Waals surface area contributed by atoms with Gasteiger partial charge in [-0.05, 0) is 40.5 Å². The quantitative estimate of drug-likeness (QED) is 0.880. The highest BCUT2D eigenvalue weighted by Crippen LogP contribution is 2.24. The van der Waals surface area contributed by atoms with Crippen molar-refractivity contribution in [2.45, 2.75) is 6.42 Å². The monoisotopic (exact) mass is 316 g/mol. The van der Waals surface area contributed by atoms with Gasteiger partial charge in [0.15, 0.2) is 0 Å². The molecule has 0 spiro atoms. The van der Waals surface area contributed by atoms with Gasteiger partial charge in [-0.25, -0.2) is 9.18 Å². The number of benzene rings is 1. The summed E-state index contributed by atoms with van der Waals surface area (Å²) in [6.45, 7) is 1.24. The number of carbonyl (C=O) groups excluding carboxylic acids is 1. The second-order valence-electron chi connectivity index (χ2n) is 4.34. The van der Waals surface area contributed by atoms with Crippen LogP contribution >= 0.6 is 15.9 Å². The van der Waals surface area contributed by atoms with Gasteiger partial charge in [0.05, 0.1) is 5.69 Å². The van der Waals surface area contributed by atoms with Crippen LogP contribution in [0.4, 0.5) is 14.9 Å². The second-order valence-corrected chi connectivity index (χ2v) is 5.19. The second kappa shape index (κ2) is 5.67. The summed E-state index contributed by atoms with van der Waals surface area (Å²) in [5, 5.41) is 11.7. The zero-order valence-corrected chi connectivity index (χ0v) is 11.3. The summed E-state index contributed by atoms with van der Waals surface area (Å²) in [6, 6.07) is 3.86. The number of aliphatic hydroxyl groups excluding tert-OH is 1. The number of rotatable bonds is 2. The van der Waals surface area contributed by atoms with Gasteiger partial charge in [0, 0.05) is 30.1 Å². The van der Waals surface area contributed by atoms with Crippen molar-refractivity contribution in [2.75, 3.05) is 25.0 Å². The maximum atomic E-state index is 13.1. The van der Waals surface area contributed by atoms with Gasteiger partial charge in [-0.1, -0.05) is 0 Å². The van der Waals surface area contributed by atoms with Crippen LogP contribution in [-0.2, 0) is 0 Å². The smallest absolute Gasteiger partial charge is 0.321 e. The Bertz CT molecular complexity index is 456. The molecule has 1 atom stereocenters. The molecule has 2 rings (SSSR count). The van der Waals surface area contributed by atoms with Crippen LogP contribution in [0.1, 0.15) is 6.42 Å². The Morgan fingerprint density at radius 2 is 2.39 bits per heavy atom. The van der Waals surface area contributed by atoms with E-state index in [1.54, 1.807) is 11.0 Å². The molecule has 0 bridgehead atoms. The minimum Gasteiger partial charge on any atom is -0.396 e. The molecule has 1 saturated heterocycles. The van der Waals surface area contributed by atoms with Gasteiger partial charge in [0.2, 0.25) is 0 Å². The van der Waals surface area contributed by atoms with Gasteiger partial charge in [-0.15, -0.1) is 0 Å². The average molecular weight is 317 g/mol. The number of halogens is 2. The molecule has 1 aliphatic heterocycles. The highest BCUT2D eigenvalue weighted by atomic mass is 79.9. The standard InChI is InChI=1S/C12H14BrFN2O2/c13-10-2-1-9(14)5-11(10)15-12(18)16-4-3-8(6-16)7-17/h1-2,5,8,17H,3-4,6-7H2,(H,15,18). The van der Waals surface area contributed by atoms with Crippen LogP contribution in [0.3, 0.4) is 0 Å². The number of aliphatic hydroxyl groups is 1. The average Bonchev–Trinajstić information content (AvgIpc) is 2.82. The largest absolute Gasteiger partial charge is 0.396 e. The van der Waals surface area contributed by atoms with Crippen molar-refractivity contribution in [1.82, 2.24) is 4.90 Å². The van der Waals surface area contributed by atoms with Crippen molar-refractivity contribution < 1.29 is 14.3 Å². The zero-order valence-electron chi connectivity index (χ0n) is 9.70. The molecule has 0 saturated carbocycles. The van der Waals surface area contributed by atoms with Crippen LogP contribution in [0.5, 0.6) is 0 Å². The molecular weight excluding hydrogens is 303 g/mol. The maximum Gasteiger partial charge on any atom is 0.321 e. The van der Waals surface area contributed by atoms with Gasteiger partial charge in [0.25, 0.3) is 0 Å². The molecule has 0 aromatic heterocycles. The van der Waals surface area contributed by atoms with Crippen molar-refractivity contribution >= 4 is 27.6 Å². The first kappa shape index (κ1) is 13.3. The van der Waals surface area contributed by atoms with Crippen molar-refractivity contribution in [3.05, 3.63) is 28.5 Å². The van der Waals surface area contributed by atoms with E-state index in [-0.39, 0.29) is 18.6 Å². The van der Waals surface area contributed by atoms with E-state index in [4.69, 9.17) is 5.11 Å². The Hall–Kier alpha value is -1.14. The molecule has 18 heavy (non-hydrogen) atoms. The van der Waals surface area contributed by atoms with Gasteiger partial charge in [-0.2, -0.15) is 0 Å². The third-order valence-electron chi connectivity index (χ3n) is 3.00. The van der Waals surface area contributed by atoms with Gasteiger partial charge < -0.3 is 15.3 Å². The summed E-state index contributed by atoms with van der Waals surface area (Å²) in [4.78, 5) is 13.6. The van der Waals surface area contributed by atoms with Gasteiger partial charge >= 0.3 is 6.03 Å². The van der Waals surface area contributed by atoms with Crippen LogP contribution in [0.2, 0.25) is 0 Å². The molecule has 98 valence electrons. The van der Waals surface area contributed by atoms with Crippen molar-refractivity contribution in [3.8, 4) is 0 Å². The summed E-state index contributed by atoms with van der Waals surface area (Å²) in [6.07, 6.45) is 0.800. The Labute approximate surface area is 113 Å². The third kappa shape index (κ3) is 3.00. The molecular formula is C12H14BrFN2O2. The van der Waals surface area contributed by atoms with Crippen molar-refractivity contribution in [2.24, 2.45) is 5.92 Å². The van der Waals surface area contributed by atoms with E-state index in [0.29, 0.717) is 23.2 Å². The lowest BCUT2D eigenvalue weighted by Gasteiger charge is -2.17. The lowest BCUT2D eigenvalue weighted by Crippen LogP contribution is -2.33. The number of anilines is 1. The highest BCUT2D eigenvalue weighted by molar-refractivity contribution is 9.10. The normalized spacial score (nSPS) is 19.1. The molecule has 0 aliphatic carbocycles. The number of hydrogen-bond donors (Lipinski definition) is 2. The van der Waals surface area contributed by atoms with E-state index in [1.165, 1.54) is 12.1 Å². The third-order valence-corrected chi connectivity index (χ3v) is 3.69. The van der Waals surface area contributed by atoms with E-state index < -0.39 is 5.82 Å². The molecule has 2 amide bonds. The summed E-state index contributed by atoms with van der Waals surface area (Å²) < 4.78 is 13.7. The van der Waals surface area contributed by atoms with Crippen LogP contribution in [0.15, 0.2) is 22.7 Å². The minimum absolute atomic E-state index is 0.0907. The number of hydrogen-bond acceptors (Lipinski definition) is 2. The zero-order chi connectivity index (χ0) is 13.1. The fourth-order valence-corrected chi connectivity index (χ4v) is 2.30. The SMILES string of the molecule is O=C(Nc1cc(F)ccc1Br)N1CCC(CO)C1. The molecule has 1 heterocycles. The Kier molecular flexibility index (Phi) is 4.19. The molecule has 1 aromatic rings. The summed E-state index contributed by atoms with van der Waals surface area (Å²) in [5.74, 6) is -0.255. The summed E-state index contributed by atoms with van der Waals surface area (Å²) in [7, 11) is 0. The maximum absolute atomic E-state index is 13.1. The van der Waals surface area contributed by atoms with Crippen molar-refractivity contribution in [3.63, 3.8) is 0 Å². The predicted octanol–water partition coefficient (Wildman–Crippen LogP) is 2.43. The molecule has 1 aromatic carbocycles. The predicted molar refractivity (Wildman–Crippen MR) is 69.9 cm³/mol. The lowest BCUT2D eigenvalue weighted by molar-refractivity contribution is 0.208. The summed E-state index contributed by atoms with van der Waals surface area (Å²) in [5.41, 5.74) is 0.410. The van der Waals surface area contributed by atoms with E-state index in [2.05, 4.69) is 21.2 Å². The van der Waals surface area contributed by atoms with E-state index in [0.717, 1.165) is 6.42 Å². The van der Waals surface area contributed by atoms with Gasteiger partial charge in [-0.3, -0.25) is 0 Å². The topological polar surface area (TPSA) is 52.6 Å². The Morgan fingerprint density at radius 1 is 1.61 bits per heavy atom. The number of nitrogens with zero attached hydrogens (tertiary/aromatic N) is 1. The van der Waals surface area contributed by atoms with Crippen LogP contribution < -0.4 is 5.32 Å². The first-order chi connectivity index (χ1) is 8.60. The number of nitrogens with one attached hydrogen (secondary N) is 1. The van der Waals surface area contributed by atoms with Crippen LogP contribution in [-0.4, -0.2) is 35.7 Å². The molecule has 0 radical (unpaired) electrons. The molecule has 1 unspecified atom stereocenters. The molecule has 2 N–H and O–H groups in total. The van der Waals surface area contributed by atoms with E-state index in [9.17, 15) is 9.18 Å². The Morgan fingerprint density at radius 3 is 3.06 bits per heavy atom. The first-order valence-corrected chi connectivity index (χ1v) is 6.51. The molecule has 1 aliphatic rings. The fourth-order valence-electron chi connectivity index (χ4n) is 1.95. The van der Waals surface area contributed by atoms with Gasteiger partial charge in [0.1, 0.15) is 5.82 Å². The Balaban J connectivity index is 2.01. The first-order valence-electron chi connectivity index (χ1n) is 5.72. The highest BCUT2D eigenvalue weighted by Gasteiger charge is 2.25. The van der Waals surface area contributed by atoms with Crippen LogP contribution in [0.25, 0.3) is 0 Å². The molecule has 4 nitrogen and oxygen atoms in total. The number of amides is 2. The number of carbonyl (C=O) groups is 1. The number of likely N-dealkylation sites (tertiary alicyclic amines) is 1. The number of urea groups is 1. The fraction of sp³-hybridized carbons (Fsp3) is 0.417. The molecule has 6 heteroatoms. The minimum atomic E-state index is -0.400. The van der Waals surface area contributed by atoms with Crippen LogP contribution in [0, 0.1) is 11.7 Å². The van der Waals surface area contributed by atoms with E-state index in [1.807, 2.05) is 0 Å². The van der Waals surface area contributed by atoms with Crippen molar-refractivity contribution in [1.29, 1.82) is 0 Å².